The summed E-state index contributed by atoms with van der Waals surface area (Å²) >= 11 is 3.39. The number of nitrogens with one attached hydrogen (secondary N) is 1. The first-order valence-corrected chi connectivity index (χ1v) is 6.47. The third-order valence-corrected chi connectivity index (χ3v) is 3.24. The maximum absolute atomic E-state index is 11.9. The molecule has 0 saturated carbocycles. The van der Waals surface area contributed by atoms with E-state index in [2.05, 4.69) is 21.2 Å². The van der Waals surface area contributed by atoms with Crippen LogP contribution in [0.1, 0.15) is 34.6 Å². The number of carbonyl (C=O) groups is 1. The third-order valence-electron chi connectivity index (χ3n) is 2.71. The van der Waals surface area contributed by atoms with E-state index in [0.29, 0.717) is 5.56 Å². The molecule has 0 aliphatic rings. The molecule has 4 heteroatoms. The van der Waals surface area contributed by atoms with Crippen LogP contribution < -0.4 is 5.32 Å². The van der Waals surface area contributed by atoms with Crippen LogP contribution in [0.2, 0.25) is 0 Å². The molecule has 94 valence electrons. The molecule has 0 bridgehead atoms. The first-order valence-electron chi connectivity index (χ1n) is 5.68. The summed E-state index contributed by atoms with van der Waals surface area (Å²) in [6.07, 6.45) is 1.47. The maximum atomic E-state index is 11.9. The summed E-state index contributed by atoms with van der Waals surface area (Å²) in [4.78, 5) is 11.9. The summed E-state index contributed by atoms with van der Waals surface area (Å²) < 4.78 is 6.14. The Balaban J connectivity index is 2.05. The smallest absolute Gasteiger partial charge is 0.255 e. The Labute approximate surface area is 114 Å². The monoisotopic (exact) mass is 307 g/mol. The topological polar surface area (TPSA) is 42.2 Å². The van der Waals surface area contributed by atoms with Gasteiger partial charge in [-0.2, -0.15) is 0 Å². The lowest BCUT2D eigenvalue weighted by Gasteiger charge is -2.13. The second-order valence-corrected chi connectivity index (χ2v) is 5.11. The second kappa shape index (κ2) is 5.40. The molecule has 1 atom stereocenters. The summed E-state index contributed by atoms with van der Waals surface area (Å²) in [6, 6.07) is 9.57. The normalized spacial score (nSPS) is 12.2. The second-order valence-electron chi connectivity index (χ2n) is 4.19. The highest BCUT2D eigenvalue weighted by Gasteiger charge is 2.12. The largest absolute Gasteiger partial charge is 0.469 e. The zero-order valence-electron chi connectivity index (χ0n) is 10.2. The van der Waals surface area contributed by atoms with E-state index in [1.165, 1.54) is 6.26 Å². The standard InChI is InChI=1S/C14H14BrNO2/c1-9-7-12(8-18-9)14(17)16-10(2)11-3-5-13(15)6-4-11/h3-8,10H,1-2H3,(H,16,17). The van der Waals surface area contributed by atoms with Crippen LogP contribution in [0.3, 0.4) is 0 Å². The number of halogens is 1. The average molecular weight is 308 g/mol. The van der Waals surface area contributed by atoms with Crippen LogP contribution in [0, 0.1) is 6.92 Å². The van der Waals surface area contributed by atoms with E-state index in [-0.39, 0.29) is 11.9 Å². The summed E-state index contributed by atoms with van der Waals surface area (Å²) in [5.41, 5.74) is 1.61. The molecule has 1 N–H and O–H groups in total. The van der Waals surface area contributed by atoms with E-state index in [4.69, 9.17) is 4.42 Å². The van der Waals surface area contributed by atoms with Crippen molar-refractivity contribution < 1.29 is 9.21 Å². The van der Waals surface area contributed by atoms with Crippen molar-refractivity contribution in [1.82, 2.24) is 5.32 Å². The van der Waals surface area contributed by atoms with Crippen molar-refractivity contribution in [3.05, 3.63) is 58.0 Å². The molecule has 0 aliphatic carbocycles. The number of amides is 1. The molecule has 0 aliphatic heterocycles. The zero-order valence-corrected chi connectivity index (χ0v) is 11.8. The highest BCUT2D eigenvalue weighted by molar-refractivity contribution is 9.10. The maximum Gasteiger partial charge on any atom is 0.255 e. The molecule has 2 aromatic rings. The molecule has 0 spiro atoms. The Morgan fingerprint density at radius 1 is 1.33 bits per heavy atom. The van der Waals surface area contributed by atoms with Gasteiger partial charge in [-0.3, -0.25) is 4.79 Å². The molecule has 1 aromatic heterocycles. The first kappa shape index (κ1) is 12.9. The van der Waals surface area contributed by atoms with E-state index < -0.39 is 0 Å². The van der Waals surface area contributed by atoms with Crippen molar-refractivity contribution in [2.24, 2.45) is 0 Å². The van der Waals surface area contributed by atoms with Gasteiger partial charge in [-0.15, -0.1) is 0 Å². The van der Waals surface area contributed by atoms with Gasteiger partial charge in [0.15, 0.2) is 0 Å². The predicted octanol–water partition coefficient (Wildman–Crippen LogP) is 3.84. The summed E-state index contributed by atoms with van der Waals surface area (Å²) in [5.74, 6) is 0.610. The molecule has 18 heavy (non-hydrogen) atoms. The van der Waals surface area contributed by atoms with Crippen LogP contribution in [-0.4, -0.2) is 5.91 Å². The SMILES string of the molecule is Cc1cc(C(=O)NC(C)c2ccc(Br)cc2)co1. The molecule has 1 heterocycles. The van der Waals surface area contributed by atoms with E-state index in [0.717, 1.165) is 15.8 Å². The lowest BCUT2D eigenvalue weighted by molar-refractivity contribution is 0.0939. The Kier molecular flexibility index (Phi) is 3.87. The van der Waals surface area contributed by atoms with E-state index in [9.17, 15) is 4.79 Å². The number of aryl methyl sites for hydroxylation is 1. The Bertz CT molecular complexity index is 545. The van der Waals surface area contributed by atoms with Crippen molar-refractivity contribution in [1.29, 1.82) is 0 Å². The van der Waals surface area contributed by atoms with Gasteiger partial charge >= 0.3 is 0 Å². The molecule has 1 unspecified atom stereocenters. The number of rotatable bonds is 3. The van der Waals surface area contributed by atoms with Gasteiger partial charge in [0, 0.05) is 4.47 Å². The fourth-order valence-corrected chi connectivity index (χ4v) is 1.94. The van der Waals surface area contributed by atoms with Crippen molar-refractivity contribution in [2.45, 2.75) is 19.9 Å². The summed E-state index contributed by atoms with van der Waals surface area (Å²) in [5, 5.41) is 2.93. The van der Waals surface area contributed by atoms with Gasteiger partial charge in [0.2, 0.25) is 0 Å². The van der Waals surface area contributed by atoms with E-state index in [1.807, 2.05) is 38.1 Å². The van der Waals surface area contributed by atoms with Crippen molar-refractivity contribution in [3.63, 3.8) is 0 Å². The van der Waals surface area contributed by atoms with Gasteiger partial charge in [-0.1, -0.05) is 28.1 Å². The van der Waals surface area contributed by atoms with Crippen molar-refractivity contribution in [2.75, 3.05) is 0 Å². The minimum atomic E-state index is -0.123. The average Bonchev–Trinajstić information content (AvgIpc) is 2.76. The lowest BCUT2D eigenvalue weighted by Crippen LogP contribution is -2.26. The Morgan fingerprint density at radius 2 is 2.00 bits per heavy atom. The molecule has 0 saturated heterocycles. The number of carbonyl (C=O) groups excluding carboxylic acids is 1. The molecule has 2 rings (SSSR count). The zero-order chi connectivity index (χ0) is 13.1. The molecule has 1 aromatic carbocycles. The summed E-state index contributed by atoms with van der Waals surface area (Å²) in [6.45, 7) is 3.77. The number of benzene rings is 1. The fourth-order valence-electron chi connectivity index (χ4n) is 1.68. The van der Waals surface area contributed by atoms with Gasteiger partial charge in [0.05, 0.1) is 11.6 Å². The predicted molar refractivity (Wildman–Crippen MR) is 73.5 cm³/mol. The fraction of sp³-hybridized carbons (Fsp3) is 0.214. The molecular formula is C14H14BrNO2. The minimum Gasteiger partial charge on any atom is -0.469 e. The van der Waals surface area contributed by atoms with E-state index >= 15 is 0 Å². The third kappa shape index (κ3) is 3.01. The first-order chi connectivity index (χ1) is 8.56. The number of furan rings is 1. The van der Waals surface area contributed by atoms with Gasteiger partial charge in [-0.25, -0.2) is 0 Å². The van der Waals surface area contributed by atoms with Gasteiger partial charge in [0.25, 0.3) is 5.91 Å². The Hall–Kier alpha value is -1.55. The van der Waals surface area contributed by atoms with Gasteiger partial charge in [0.1, 0.15) is 12.0 Å². The van der Waals surface area contributed by atoms with Crippen LogP contribution in [0.4, 0.5) is 0 Å². The number of hydrogen-bond acceptors (Lipinski definition) is 2. The van der Waals surface area contributed by atoms with E-state index in [1.54, 1.807) is 6.07 Å². The van der Waals surface area contributed by atoms with Crippen molar-refractivity contribution >= 4 is 21.8 Å². The van der Waals surface area contributed by atoms with Crippen LogP contribution in [0.25, 0.3) is 0 Å². The van der Waals surface area contributed by atoms with Crippen LogP contribution in [0.15, 0.2) is 45.5 Å². The quantitative estimate of drug-likeness (QED) is 0.936. The molecule has 0 fully saturated rings. The highest BCUT2D eigenvalue weighted by Crippen LogP contribution is 2.17. The van der Waals surface area contributed by atoms with Crippen LogP contribution >= 0.6 is 15.9 Å². The molecule has 1 amide bonds. The number of hydrogen-bond donors (Lipinski definition) is 1. The van der Waals surface area contributed by atoms with Crippen molar-refractivity contribution in [3.8, 4) is 0 Å². The molecule has 3 nitrogen and oxygen atoms in total. The summed E-state index contributed by atoms with van der Waals surface area (Å²) in [7, 11) is 0. The van der Waals surface area contributed by atoms with Gasteiger partial charge < -0.3 is 9.73 Å². The molecular weight excluding hydrogens is 294 g/mol. The van der Waals surface area contributed by atoms with Gasteiger partial charge in [-0.05, 0) is 37.6 Å². The van der Waals surface area contributed by atoms with Crippen LogP contribution in [-0.2, 0) is 0 Å². The van der Waals surface area contributed by atoms with Crippen LogP contribution in [0.5, 0.6) is 0 Å². The Morgan fingerprint density at radius 3 is 2.56 bits per heavy atom. The highest BCUT2D eigenvalue weighted by atomic mass is 79.9. The minimum absolute atomic E-state index is 0.0409. The lowest BCUT2D eigenvalue weighted by atomic mass is 10.1. The molecule has 0 radical (unpaired) electrons.